The van der Waals surface area contributed by atoms with Crippen LogP contribution in [0.25, 0.3) is 11.0 Å². The van der Waals surface area contributed by atoms with Crippen LogP contribution in [-0.4, -0.2) is 98.1 Å². The Balaban J connectivity index is 1.16. The quantitative estimate of drug-likeness (QED) is 0.291. The van der Waals surface area contributed by atoms with Gasteiger partial charge in [-0.05, 0) is 61.6 Å². The predicted octanol–water partition coefficient (Wildman–Crippen LogP) is 3.67. The summed E-state index contributed by atoms with van der Waals surface area (Å²) in [6.07, 6.45) is 1.30. The van der Waals surface area contributed by atoms with Gasteiger partial charge in [0.05, 0.1) is 25.8 Å². The number of carbonyl (C=O) groups is 4. The van der Waals surface area contributed by atoms with E-state index in [2.05, 4.69) is 20.9 Å². The second-order valence-electron chi connectivity index (χ2n) is 12.2. The molecule has 4 amide bonds. The highest BCUT2D eigenvalue weighted by Gasteiger charge is 2.32. The van der Waals surface area contributed by atoms with Gasteiger partial charge in [0.15, 0.2) is 11.5 Å². The first-order chi connectivity index (χ1) is 22.2. The standard InChI is InChI=1S/C34H43N5O7/c1-23(2)19-28(32(41)36-27-9-6-12-39(22-29(27)40)34(43)35-25-7-4-3-5-8-25)37-33(42)31-21-24-20-26(10-11-30(24)46-31)45-18-15-38-13-16-44-17-14-38/h3-5,7-8,10-11,20-21,23,27-28H,6,9,12-19,22H2,1-2H3,(H,35,43)(H,36,41)(H,37,42). The van der Waals surface area contributed by atoms with Crippen LogP contribution in [0.4, 0.5) is 10.5 Å². The smallest absolute Gasteiger partial charge is 0.322 e. The highest BCUT2D eigenvalue weighted by atomic mass is 16.5. The number of morpholine rings is 1. The Bertz CT molecular complexity index is 1500. The highest BCUT2D eigenvalue weighted by Crippen LogP contribution is 2.25. The van der Waals surface area contributed by atoms with Gasteiger partial charge in [0.1, 0.15) is 24.0 Å². The van der Waals surface area contributed by atoms with E-state index < -0.39 is 23.9 Å². The SMILES string of the molecule is CC(C)CC(NC(=O)c1cc2cc(OCCN3CCOCC3)ccc2o1)C(=O)NC1CCCN(C(=O)Nc2ccccc2)CC1=O. The minimum Gasteiger partial charge on any atom is -0.492 e. The van der Waals surface area contributed by atoms with Crippen LogP contribution in [-0.2, 0) is 14.3 Å². The van der Waals surface area contributed by atoms with Gasteiger partial charge in [0.25, 0.3) is 5.91 Å². The molecule has 2 fully saturated rings. The van der Waals surface area contributed by atoms with Crippen LogP contribution < -0.4 is 20.7 Å². The fourth-order valence-electron chi connectivity index (χ4n) is 5.62. The Morgan fingerprint density at radius 1 is 1.02 bits per heavy atom. The van der Waals surface area contributed by atoms with Crippen LogP contribution in [0.1, 0.15) is 43.7 Å². The Kier molecular flexibility index (Phi) is 11.3. The van der Waals surface area contributed by atoms with Crippen molar-refractivity contribution >= 4 is 40.3 Å². The van der Waals surface area contributed by atoms with Gasteiger partial charge in [-0.15, -0.1) is 0 Å². The molecule has 46 heavy (non-hydrogen) atoms. The van der Waals surface area contributed by atoms with Crippen LogP contribution >= 0.6 is 0 Å². The van der Waals surface area contributed by atoms with Crippen LogP contribution in [0.2, 0.25) is 0 Å². The molecule has 2 aliphatic heterocycles. The third-order valence-corrected chi connectivity index (χ3v) is 8.11. The van der Waals surface area contributed by atoms with Crippen molar-refractivity contribution in [2.24, 2.45) is 5.92 Å². The minimum atomic E-state index is -0.881. The molecule has 12 nitrogen and oxygen atoms in total. The van der Waals surface area contributed by atoms with E-state index >= 15 is 0 Å². The Hall–Kier alpha value is -4.42. The summed E-state index contributed by atoms with van der Waals surface area (Å²) in [5.41, 5.74) is 1.17. The fraction of sp³-hybridized carbons (Fsp3) is 0.471. The molecule has 3 aromatic rings. The van der Waals surface area contributed by atoms with Crippen LogP contribution in [0.3, 0.4) is 0 Å². The van der Waals surface area contributed by atoms with Gasteiger partial charge >= 0.3 is 6.03 Å². The number of Topliss-reactive ketones (excluding diaryl/α,β-unsaturated/α-hetero) is 1. The molecule has 2 atom stereocenters. The summed E-state index contributed by atoms with van der Waals surface area (Å²) in [4.78, 5) is 56.3. The maximum Gasteiger partial charge on any atom is 0.322 e. The number of urea groups is 1. The zero-order valence-corrected chi connectivity index (χ0v) is 26.5. The van der Waals surface area contributed by atoms with E-state index in [4.69, 9.17) is 13.9 Å². The number of ether oxygens (including phenoxy) is 2. The van der Waals surface area contributed by atoms with Gasteiger partial charge in [-0.3, -0.25) is 19.3 Å². The van der Waals surface area contributed by atoms with Crippen LogP contribution in [0.15, 0.2) is 59.0 Å². The molecule has 3 heterocycles. The van der Waals surface area contributed by atoms with E-state index in [9.17, 15) is 19.2 Å². The molecule has 0 spiro atoms. The first kappa shape index (κ1) is 33.0. The van der Waals surface area contributed by atoms with Crippen molar-refractivity contribution < 1.29 is 33.1 Å². The third-order valence-electron chi connectivity index (χ3n) is 8.11. The molecule has 2 aliphatic rings. The summed E-state index contributed by atoms with van der Waals surface area (Å²) in [6.45, 7) is 8.75. The number of nitrogens with one attached hydrogen (secondary N) is 3. The fourth-order valence-corrected chi connectivity index (χ4v) is 5.62. The number of benzene rings is 2. The molecule has 0 bridgehead atoms. The molecule has 0 radical (unpaired) electrons. The van der Waals surface area contributed by atoms with Crippen molar-refractivity contribution in [2.45, 2.75) is 45.2 Å². The number of likely N-dealkylation sites (tertiary alicyclic amines) is 1. The predicted molar refractivity (Wildman–Crippen MR) is 173 cm³/mol. The number of nitrogens with zero attached hydrogens (tertiary/aromatic N) is 2. The lowest BCUT2D eigenvalue weighted by molar-refractivity contribution is -0.129. The monoisotopic (exact) mass is 633 g/mol. The maximum absolute atomic E-state index is 13.4. The normalized spacial score (nSPS) is 18.2. The number of fused-ring (bicyclic) bond motifs is 1. The highest BCUT2D eigenvalue weighted by molar-refractivity contribution is 6.00. The molecular formula is C34H43N5O7. The second-order valence-corrected chi connectivity index (χ2v) is 12.2. The number of amides is 4. The molecule has 12 heteroatoms. The van der Waals surface area contributed by atoms with Crippen LogP contribution in [0.5, 0.6) is 5.75 Å². The average molecular weight is 634 g/mol. The molecule has 0 aliphatic carbocycles. The average Bonchev–Trinajstić information content (AvgIpc) is 3.39. The lowest BCUT2D eigenvalue weighted by Crippen LogP contribution is -2.52. The van der Waals surface area contributed by atoms with E-state index in [0.717, 1.165) is 32.8 Å². The van der Waals surface area contributed by atoms with Gasteiger partial charge in [-0.1, -0.05) is 32.0 Å². The minimum absolute atomic E-state index is 0.0765. The summed E-state index contributed by atoms with van der Waals surface area (Å²) in [6, 6.07) is 14.0. The first-order valence-electron chi connectivity index (χ1n) is 16.0. The van der Waals surface area contributed by atoms with E-state index in [1.165, 1.54) is 4.90 Å². The Labute approximate surface area is 268 Å². The van der Waals surface area contributed by atoms with E-state index in [1.54, 1.807) is 30.3 Å². The largest absolute Gasteiger partial charge is 0.492 e. The zero-order chi connectivity index (χ0) is 32.5. The number of para-hydroxylation sites is 1. The molecule has 246 valence electrons. The van der Waals surface area contributed by atoms with Gasteiger partial charge in [0.2, 0.25) is 5.91 Å². The van der Waals surface area contributed by atoms with Crippen LogP contribution in [0, 0.1) is 5.92 Å². The molecule has 2 aromatic carbocycles. The van der Waals surface area contributed by atoms with Crippen molar-refractivity contribution in [3.63, 3.8) is 0 Å². The summed E-state index contributed by atoms with van der Waals surface area (Å²) in [5.74, 6) is -0.394. The number of furan rings is 1. The molecule has 2 saturated heterocycles. The summed E-state index contributed by atoms with van der Waals surface area (Å²) in [7, 11) is 0. The van der Waals surface area contributed by atoms with E-state index in [-0.39, 0.29) is 30.0 Å². The van der Waals surface area contributed by atoms with Gasteiger partial charge in [-0.2, -0.15) is 0 Å². The second kappa shape index (κ2) is 15.7. The van der Waals surface area contributed by atoms with Gasteiger partial charge < -0.3 is 34.7 Å². The summed E-state index contributed by atoms with van der Waals surface area (Å²) in [5, 5.41) is 9.16. The summed E-state index contributed by atoms with van der Waals surface area (Å²) >= 11 is 0. The zero-order valence-electron chi connectivity index (χ0n) is 26.5. The molecule has 3 N–H and O–H groups in total. The molecule has 0 saturated carbocycles. The molecular weight excluding hydrogens is 590 g/mol. The Morgan fingerprint density at radius 3 is 2.57 bits per heavy atom. The van der Waals surface area contributed by atoms with Crippen molar-refractivity contribution in [2.75, 3.05) is 57.9 Å². The summed E-state index contributed by atoms with van der Waals surface area (Å²) < 4.78 is 17.1. The van der Waals surface area contributed by atoms with Crippen molar-refractivity contribution in [3.05, 3.63) is 60.4 Å². The Morgan fingerprint density at radius 2 is 1.80 bits per heavy atom. The number of hydrogen-bond donors (Lipinski definition) is 3. The van der Waals surface area contributed by atoms with Crippen molar-refractivity contribution in [3.8, 4) is 5.75 Å². The third kappa shape index (κ3) is 9.07. The lowest BCUT2D eigenvalue weighted by Gasteiger charge is -2.26. The number of anilines is 1. The number of hydrogen-bond acceptors (Lipinski definition) is 8. The van der Waals surface area contributed by atoms with E-state index in [1.807, 2.05) is 38.1 Å². The lowest BCUT2D eigenvalue weighted by atomic mass is 10.0. The first-order valence-corrected chi connectivity index (χ1v) is 16.0. The maximum atomic E-state index is 13.4. The topological polar surface area (TPSA) is 142 Å². The van der Waals surface area contributed by atoms with E-state index in [0.29, 0.717) is 54.8 Å². The number of ketones is 1. The molecule has 1 aromatic heterocycles. The van der Waals surface area contributed by atoms with Crippen molar-refractivity contribution in [1.29, 1.82) is 0 Å². The van der Waals surface area contributed by atoms with Gasteiger partial charge in [0, 0.05) is 37.3 Å². The molecule has 2 unspecified atom stereocenters. The van der Waals surface area contributed by atoms with Gasteiger partial charge in [-0.25, -0.2) is 4.79 Å². The molecule has 5 rings (SSSR count). The van der Waals surface area contributed by atoms with Crippen molar-refractivity contribution in [1.82, 2.24) is 20.4 Å². The number of carbonyl (C=O) groups excluding carboxylic acids is 4. The number of rotatable bonds is 11.